The number of benzene rings is 2. The Morgan fingerprint density at radius 2 is 2.11 bits per heavy atom. The molecule has 27 heavy (non-hydrogen) atoms. The van der Waals surface area contributed by atoms with Crippen LogP contribution in [0.1, 0.15) is 16.1 Å². The van der Waals surface area contributed by atoms with Crippen LogP contribution in [-0.2, 0) is 6.54 Å². The third-order valence-electron chi connectivity index (χ3n) is 3.55. The lowest BCUT2D eigenvalue weighted by molar-refractivity contribution is 0.0946. The summed E-state index contributed by atoms with van der Waals surface area (Å²) in [5.41, 5.74) is 1.90. The van der Waals surface area contributed by atoms with E-state index >= 15 is 0 Å². The maximum Gasteiger partial charge on any atom is 0.271 e. The SMILES string of the molecule is N#CCOc1cccc(CNC(=O)c2csc(-c3ccc(Cl)cc3Cl)n2)c1. The fourth-order valence-corrected chi connectivity index (χ4v) is 3.69. The van der Waals surface area contributed by atoms with E-state index in [9.17, 15) is 4.79 Å². The van der Waals surface area contributed by atoms with Gasteiger partial charge in [0.2, 0.25) is 0 Å². The van der Waals surface area contributed by atoms with Crippen molar-refractivity contribution in [3.63, 3.8) is 0 Å². The molecule has 0 spiro atoms. The predicted molar refractivity (Wildman–Crippen MR) is 106 cm³/mol. The highest BCUT2D eigenvalue weighted by Gasteiger charge is 2.14. The van der Waals surface area contributed by atoms with Crippen molar-refractivity contribution in [3.05, 3.63) is 69.1 Å². The van der Waals surface area contributed by atoms with Crippen LogP contribution >= 0.6 is 34.5 Å². The number of nitrogens with zero attached hydrogens (tertiary/aromatic N) is 2. The van der Waals surface area contributed by atoms with Gasteiger partial charge in [0.1, 0.15) is 22.5 Å². The van der Waals surface area contributed by atoms with E-state index in [-0.39, 0.29) is 12.5 Å². The van der Waals surface area contributed by atoms with Crippen molar-refractivity contribution in [2.75, 3.05) is 6.61 Å². The van der Waals surface area contributed by atoms with E-state index in [1.54, 1.807) is 41.8 Å². The maximum atomic E-state index is 12.4. The van der Waals surface area contributed by atoms with E-state index in [4.69, 9.17) is 33.2 Å². The van der Waals surface area contributed by atoms with Crippen LogP contribution in [0.25, 0.3) is 10.6 Å². The van der Waals surface area contributed by atoms with Crippen molar-refractivity contribution in [2.45, 2.75) is 6.54 Å². The predicted octanol–water partition coefficient (Wildman–Crippen LogP) is 4.95. The summed E-state index contributed by atoms with van der Waals surface area (Å²) in [6, 6.07) is 14.3. The van der Waals surface area contributed by atoms with Crippen LogP contribution in [0.3, 0.4) is 0 Å². The minimum absolute atomic E-state index is 0.0231. The van der Waals surface area contributed by atoms with Crippen molar-refractivity contribution in [1.29, 1.82) is 5.26 Å². The molecular formula is C19H13Cl2N3O2S. The highest BCUT2D eigenvalue weighted by molar-refractivity contribution is 7.13. The molecule has 2 aromatic carbocycles. The van der Waals surface area contributed by atoms with Crippen molar-refractivity contribution in [2.24, 2.45) is 0 Å². The number of ether oxygens (including phenoxy) is 1. The smallest absolute Gasteiger partial charge is 0.271 e. The van der Waals surface area contributed by atoms with Crippen LogP contribution in [0, 0.1) is 11.3 Å². The van der Waals surface area contributed by atoms with Gasteiger partial charge in [-0.2, -0.15) is 5.26 Å². The Morgan fingerprint density at radius 1 is 1.26 bits per heavy atom. The van der Waals surface area contributed by atoms with Crippen LogP contribution < -0.4 is 10.1 Å². The summed E-state index contributed by atoms with van der Waals surface area (Å²) in [5.74, 6) is 0.294. The number of thiazole rings is 1. The van der Waals surface area contributed by atoms with Crippen molar-refractivity contribution >= 4 is 40.4 Å². The normalized spacial score (nSPS) is 10.3. The molecule has 1 amide bonds. The first-order valence-electron chi connectivity index (χ1n) is 7.84. The topological polar surface area (TPSA) is 75.0 Å². The zero-order chi connectivity index (χ0) is 19.2. The molecule has 0 atom stereocenters. The Balaban J connectivity index is 1.66. The Bertz CT molecular complexity index is 1010. The summed E-state index contributed by atoms with van der Waals surface area (Å²) in [6.45, 7) is 0.293. The highest BCUT2D eigenvalue weighted by Crippen LogP contribution is 2.32. The number of carbonyl (C=O) groups excluding carboxylic acids is 1. The lowest BCUT2D eigenvalue weighted by atomic mass is 10.2. The largest absolute Gasteiger partial charge is 0.479 e. The molecule has 136 valence electrons. The molecule has 3 aromatic rings. The third-order valence-corrected chi connectivity index (χ3v) is 4.98. The van der Waals surface area contributed by atoms with E-state index in [1.165, 1.54) is 11.3 Å². The summed E-state index contributed by atoms with van der Waals surface area (Å²) in [4.78, 5) is 16.7. The first-order chi connectivity index (χ1) is 13.1. The fraction of sp³-hybridized carbons (Fsp3) is 0.105. The van der Waals surface area contributed by atoms with Gasteiger partial charge >= 0.3 is 0 Å². The Morgan fingerprint density at radius 3 is 2.89 bits per heavy atom. The van der Waals surface area contributed by atoms with E-state index in [0.717, 1.165) is 11.1 Å². The van der Waals surface area contributed by atoms with E-state index < -0.39 is 0 Å². The Hall–Kier alpha value is -2.59. The zero-order valence-corrected chi connectivity index (χ0v) is 16.2. The Labute approximate surface area is 170 Å². The molecule has 0 aliphatic rings. The maximum absolute atomic E-state index is 12.4. The molecular weight excluding hydrogens is 405 g/mol. The zero-order valence-electron chi connectivity index (χ0n) is 13.9. The summed E-state index contributed by atoms with van der Waals surface area (Å²) in [5, 5.41) is 14.7. The average molecular weight is 418 g/mol. The van der Waals surface area contributed by atoms with E-state index in [0.29, 0.717) is 33.0 Å². The Kier molecular flexibility index (Phi) is 6.30. The monoisotopic (exact) mass is 417 g/mol. The number of aromatic nitrogens is 1. The molecule has 5 nitrogen and oxygen atoms in total. The van der Waals surface area contributed by atoms with Crippen LogP contribution in [0.4, 0.5) is 0 Å². The van der Waals surface area contributed by atoms with Gasteiger partial charge < -0.3 is 10.1 Å². The van der Waals surface area contributed by atoms with Gasteiger partial charge in [0, 0.05) is 22.5 Å². The lowest BCUT2D eigenvalue weighted by Gasteiger charge is -2.06. The van der Waals surface area contributed by atoms with Gasteiger partial charge in [-0.3, -0.25) is 4.79 Å². The van der Waals surface area contributed by atoms with Gasteiger partial charge in [-0.05, 0) is 35.9 Å². The number of amides is 1. The highest BCUT2D eigenvalue weighted by atomic mass is 35.5. The summed E-state index contributed by atoms with van der Waals surface area (Å²) >= 11 is 13.4. The number of rotatable bonds is 6. The lowest BCUT2D eigenvalue weighted by Crippen LogP contribution is -2.23. The average Bonchev–Trinajstić information content (AvgIpc) is 3.14. The quantitative estimate of drug-likeness (QED) is 0.615. The first-order valence-corrected chi connectivity index (χ1v) is 9.48. The summed E-state index contributed by atoms with van der Waals surface area (Å²) < 4.78 is 5.25. The number of halogens is 2. The van der Waals surface area contributed by atoms with E-state index in [2.05, 4.69) is 10.3 Å². The number of hydrogen-bond donors (Lipinski definition) is 1. The standard InChI is InChI=1S/C19H13Cl2N3O2S/c20-13-4-5-15(16(21)9-13)19-24-17(11-27-19)18(25)23-10-12-2-1-3-14(8-12)26-7-6-22/h1-5,8-9,11H,7,10H2,(H,23,25). The van der Waals surface area contributed by atoms with Gasteiger partial charge in [0.25, 0.3) is 5.91 Å². The molecule has 3 rings (SSSR count). The molecule has 1 N–H and O–H groups in total. The number of nitrogens with one attached hydrogen (secondary N) is 1. The number of nitriles is 1. The molecule has 1 aromatic heterocycles. The third kappa shape index (κ3) is 4.98. The molecule has 0 fully saturated rings. The molecule has 0 saturated carbocycles. The van der Waals surface area contributed by atoms with Crippen molar-refractivity contribution in [3.8, 4) is 22.4 Å². The molecule has 1 heterocycles. The van der Waals surface area contributed by atoms with Crippen LogP contribution in [0.15, 0.2) is 47.8 Å². The van der Waals surface area contributed by atoms with Gasteiger partial charge in [0.15, 0.2) is 6.61 Å². The van der Waals surface area contributed by atoms with Crippen LogP contribution in [0.5, 0.6) is 5.75 Å². The van der Waals surface area contributed by atoms with Gasteiger partial charge in [-0.15, -0.1) is 11.3 Å². The minimum Gasteiger partial charge on any atom is -0.479 e. The second-order valence-electron chi connectivity index (χ2n) is 5.44. The second kappa shape index (κ2) is 8.87. The molecule has 0 aliphatic carbocycles. The molecule has 0 unspecified atom stereocenters. The van der Waals surface area contributed by atoms with E-state index in [1.807, 2.05) is 12.1 Å². The fourth-order valence-electron chi connectivity index (χ4n) is 2.30. The van der Waals surface area contributed by atoms with Gasteiger partial charge in [-0.25, -0.2) is 4.98 Å². The van der Waals surface area contributed by atoms with Crippen LogP contribution in [-0.4, -0.2) is 17.5 Å². The number of hydrogen-bond acceptors (Lipinski definition) is 5. The molecule has 0 saturated heterocycles. The molecule has 0 bridgehead atoms. The van der Waals surface area contributed by atoms with Crippen molar-refractivity contribution in [1.82, 2.24) is 10.3 Å². The number of carbonyl (C=O) groups is 1. The first kappa shape index (κ1) is 19.2. The molecule has 0 aliphatic heterocycles. The van der Waals surface area contributed by atoms with Gasteiger partial charge in [0.05, 0.1) is 5.02 Å². The van der Waals surface area contributed by atoms with Crippen LogP contribution in [0.2, 0.25) is 10.0 Å². The van der Waals surface area contributed by atoms with Gasteiger partial charge in [-0.1, -0.05) is 35.3 Å². The summed E-state index contributed by atoms with van der Waals surface area (Å²) in [6.07, 6.45) is 0. The molecule has 0 radical (unpaired) electrons. The summed E-state index contributed by atoms with van der Waals surface area (Å²) in [7, 11) is 0. The van der Waals surface area contributed by atoms with Crippen molar-refractivity contribution < 1.29 is 9.53 Å². The second-order valence-corrected chi connectivity index (χ2v) is 7.14. The minimum atomic E-state index is -0.286. The molecule has 8 heteroatoms.